The van der Waals surface area contributed by atoms with Crippen LogP contribution in [0.25, 0.3) is 28.2 Å². The van der Waals surface area contributed by atoms with Crippen molar-refractivity contribution in [1.29, 1.82) is 0 Å². The van der Waals surface area contributed by atoms with Crippen LogP contribution in [0.3, 0.4) is 0 Å². The molecule has 4 aromatic rings. The van der Waals surface area contributed by atoms with E-state index in [2.05, 4.69) is 66.4 Å². The monoisotopic (exact) mass is 447 g/mol. The largest absolute Gasteiger partial charge is 0.336 e. The SMILES string of the molecule is Cc1cccc(-c2cc(C(=O)N3CCN(C/C=C/c4ccccc4)CC3)c3ccccc3n2)c1. The van der Waals surface area contributed by atoms with Gasteiger partial charge in [-0.05, 0) is 30.7 Å². The van der Waals surface area contributed by atoms with Crippen molar-refractivity contribution in [3.63, 3.8) is 0 Å². The summed E-state index contributed by atoms with van der Waals surface area (Å²) >= 11 is 0. The van der Waals surface area contributed by atoms with E-state index in [0.29, 0.717) is 0 Å². The molecular weight excluding hydrogens is 418 g/mol. The third-order valence-electron chi connectivity index (χ3n) is 6.39. The van der Waals surface area contributed by atoms with Gasteiger partial charge in [-0.3, -0.25) is 9.69 Å². The van der Waals surface area contributed by atoms with Crippen LogP contribution in [0.4, 0.5) is 0 Å². The molecule has 2 heterocycles. The molecule has 0 radical (unpaired) electrons. The van der Waals surface area contributed by atoms with Gasteiger partial charge in [0.25, 0.3) is 5.91 Å². The molecule has 0 unspecified atom stereocenters. The van der Waals surface area contributed by atoms with Crippen LogP contribution >= 0.6 is 0 Å². The standard InChI is InChI=1S/C30H29N3O/c1-23-9-7-13-25(21-23)29-22-27(26-14-5-6-15-28(26)31-29)30(34)33-19-17-32(18-20-33)16-8-12-24-10-3-2-4-11-24/h2-15,21-22H,16-20H2,1H3/b12-8+. The smallest absolute Gasteiger partial charge is 0.254 e. The minimum absolute atomic E-state index is 0.0898. The number of amides is 1. The molecule has 1 fully saturated rings. The fraction of sp³-hybridized carbons (Fsp3) is 0.200. The second-order valence-electron chi connectivity index (χ2n) is 8.85. The molecule has 170 valence electrons. The van der Waals surface area contributed by atoms with E-state index in [9.17, 15) is 4.79 Å². The Labute approximate surface area is 201 Å². The third kappa shape index (κ3) is 4.92. The number of piperazine rings is 1. The van der Waals surface area contributed by atoms with Crippen molar-refractivity contribution in [2.45, 2.75) is 6.92 Å². The fourth-order valence-electron chi connectivity index (χ4n) is 4.51. The minimum atomic E-state index is 0.0898. The highest BCUT2D eigenvalue weighted by molar-refractivity contribution is 6.07. The van der Waals surface area contributed by atoms with E-state index in [-0.39, 0.29) is 5.91 Å². The van der Waals surface area contributed by atoms with Crippen LogP contribution in [0, 0.1) is 6.92 Å². The molecule has 0 aliphatic carbocycles. The van der Waals surface area contributed by atoms with Crippen molar-refractivity contribution in [2.75, 3.05) is 32.7 Å². The fourth-order valence-corrected chi connectivity index (χ4v) is 4.51. The van der Waals surface area contributed by atoms with E-state index in [1.165, 1.54) is 11.1 Å². The number of carbonyl (C=O) groups excluding carboxylic acids is 1. The number of pyridine rings is 1. The Hall–Kier alpha value is -3.76. The zero-order chi connectivity index (χ0) is 23.3. The van der Waals surface area contributed by atoms with Crippen LogP contribution < -0.4 is 0 Å². The number of para-hydroxylation sites is 1. The number of hydrogen-bond acceptors (Lipinski definition) is 3. The topological polar surface area (TPSA) is 36.4 Å². The number of hydrogen-bond donors (Lipinski definition) is 0. The molecule has 1 saturated heterocycles. The van der Waals surface area contributed by atoms with Gasteiger partial charge in [0.15, 0.2) is 0 Å². The van der Waals surface area contributed by atoms with Crippen molar-refractivity contribution >= 4 is 22.9 Å². The molecule has 0 saturated carbocycles. The molecule has 0 N–H and O–H groups in total. The molecule has 0 bridgehead atoms. The number of carbonyl (C=O) groups is 1. The first kappa shape index (κ1) is 22.1. The van der Waals surface area contributed by atoms with Crippen LogP contribution in [-0.2, 0) is 0 Å². The van der Waals surface area contributed by atoms with E-state index in [1.807, 2.05) is 47.4 Å². The summed E-state index contributed by atoms with van der Waals surface area (Å²) < 4.78 is 0. The summed E-state index contributed by atoms with van der Waals surface area (Å²) in [6.45, 7) is 6.18. The van der Waals surface area contributed by atoms with Crippen molar-refractivity contribution in [3.8, 4) is 11.3 Å². The van der Waals surface area contributed by atoms with Crippen LogP contribution in [0.5, 0.6) is 0 Å². The Kier molecular flexibility index (Phi) is 6.50. The molecule has 4 nitrogen and oxygen atoms in total. The molecule has 4 heteroatoms. The van der Waals surface area contributed by atoms with Gasteiger partial charge in [-0.1, -0.05) is 84.4 Å². The number of fused-ring (bicyclic) bond motifs is 1. The summed E-state index contributed by atoms with van der Waals surface area (Å²) in [6.07, 6.45) is 4.37. The number of nitrogens with zero attached hydrogens (tertiary/aromatic N) is 3. The molecule has 34 heavy (non-hydrogen) atoms. The second-order valence-corrected chi connectivity index (χ2v) is 8.85. The molecule has 1 amide bonds. The van der Waals surface area contributed by atoms with E-state index >= 15 is 0 Å². The van der Waals surface area contributed by atoms with Gasteiger partial charge in [0.05, 0.1) is 16.8 Å². The number of aryl methyl sites for hydroxylation is 1. The Morgan fingerprint density at radius 2 is 1.65 bits per heavy atom. The summed E-state index contributed by atoms with van der Waals surface area (Å²) in [5.41, 5.74) is 5.86. The highest BCUT2D eigenvalue weighted by Crippen LogP contribution is 2.26. The van der Waals surface area contributed by atoms with Crippen molar-refractivity contribution < 1.29 is 4.79 Å². The average Bonchev–Trinajstić information content (AvgIpc) is 2.89. The van der Waals surface area contributed by atoms with Gasteiger partial charge in [0.2, 0.25) is 0 Å². The maximum Gasteiger partial charge on any atom is 0.254 e. The molecule has 1 aromatic heterocycles. The average molecular weight is 448 g/mol. The quantitative estimate of drug-likeness (QED) is 0.395. The zero-order valence-electron chi connectivity index (χ0n) is 19.5. The lowest BCUT2D eigenvalue weighted by Gasteiger charge is -2.34. The molecule has 5 rings (SSSR count). The first-order valence-electron chi connectivity index (χ1n) is 11.9. The molecule has 3 aromatic carbocycles. The van der Waals surface area contributed by atoms with Gasteiger partial charge in [0.1, 0.15) is 0 Å². The van der Waals surface area contributed by atoms with Crippen molar-refractivity contribution in [1.82, 2.24) is 14.8 Å². The predicted octanol–water partition coefficient (Wildman–Crippen LogP) is 5.68. The first-order chi connectivity index (χ1) is 16.7. The molecular formula is C30H29N3O. The van der Waals surface area contributed by atoms with Crippen molar-refractivity contribution in [2.24, 2.45) is 0 Å². The molecule has 0 spiro atoms. The Balaban J connectivity index is 1.32. The van der Waals surface area contributed by atoms with E-state index < -0.39 is 0 Å². The van der Waals surface area contributed by atoms with Gasteiger partial charge in [-0.25, -0.2) is 4.98 Å². The Bertz CT molecular complexity index is 1320. The number of aromatic nitrogens is 1. The van der Waals surface area contributed by atoms with E-state index in [1.54, 1.807) is 0 Å². The summed E-state index contributed by atoms with van der Waals surface area (Å²) in [5.74, 6) is 0.0898. The van der Waals surface area contributed by atoms with Gasteiger partial charge < -0.3 is 4.90 Å². The molecule has 1 aliphatic rings. The Morgan fingerprint density at radius 3 is 2.44 bits per heavy atom. The number of rotatable bonds is 5. The lowest BCUT2D eigenvalue weighted by molar-refractivity contribution is 0.0652. The van der Waals surface area contributed by atoms with Gasteiger partial charge in [-0.15, -0.1) is 0 Å². The summed E-state index contributed by atoms with van der Waals surface area (Å²) in [7, 11) is 0. The first-order valence-corrected chi connectivity index (χ1v) is 11.9. The molecule has 1 aliphatic heterocycles. The zero-order valence-corrected chi connectivity index (χ0v) is 19.5. The number of benzene rings is 3. The maximum atomic E-state index is 13.6. The summed E-state index contributed by atoms with van der Waals surface area (Å²) in [5, 5.41) is 0.914. The Morgan fingerprint density at radius 1 is 0.882 bits per heavy atom. The lowest BCUT2D eigenvalue weighted by Crippen LogP contribution is -2.48. The summed E-state index contributed by atoms with van der Waals surface area (Å²) in [4.78, 5) is 22.9. The van der Waals surface area contributed by atoms with Crippen molar-refractivity contribution in [3.05, 3.63) is 108 Å². The minimum Gasteiger partial charge on any atom is -0.336 e. The second kappa shape index (κ2) is 10.0. The van der Waals surface area contributed by atoms with Crippen LogP contribution in [-0.4, -0.2) is 53.4 Å². The predicted molar refractivity (Wildman–Crippen MR) is 140 cm³/mol. The van der Waals surface area contributed by atoms with Crippen LogP contribution in [0.1, 0.15) is 21.5 Å². The summed E-state index contributed by atoms with van der Waals surface area (Å²) in [6, 6.07) is 28.5. The van der Waals surface area contributed by atoms with Crippen LogP contribution in [0.15, 0.2) is 91.0 Å². The maximum absolute atomic E-state index is 13.6. The van der Waals surface area contributed by atoms with Gasteiger partial charge in [-0.2, -0.15) is 0 Å². The highest BCUT2D eigenvalue weighted by atomic mass is 16.2. The third-order valence-corrected chi connectivity index (χ3v) is 6.39. The van der Waals surface area contributed by atoms with Crippen LogP contribution in [0.2, 0.25) is 0 Å². The van der Waals surface area contributed by atoms with E-state index in [4.69, 9.17) is 4.98 Å². The van der Waals surface area contributed by atoms with E-state index in [0.717, 1.165) is 60.4 Å². The normalized spacial score (nSPS) is 14.7. The molecule has 0 atom stereocenters. The van der Waals surface area contributed by atoms with Gasteiger partial charge in [0, 0.05) is 43.7 Å². The lowest BCUT2D eigenvalue weighted by atomic mass is 10.0. The highest BCUT2D eigenvalue weighted by Gasteiger charge is 2.24. The van der Waals surface area contributed by atoms with Gasteiger partial charge >= 0.3 is 0 Å².